The van der Waals surface area contributed by atoms with Gasteiger partial charge in [0.15, 0.2) is 0 Å². The van der Waals surface area contributed by atoms with Gasteiger partial charge in [0.25, 0.3) is 0 Å². The van der Waals surface area contributed by atoms with Crippen molar-refractivity contribution in [1.82, 2.24) is 0 Å². The van der Waals surface area contributed by atoms with E-state index >= 15 is 0 Å². The van der Waals surface area contributed by atoms with Crippen LogP contribution in [0.25, 0.3) is 21.9 Å². The number of rotatable bonds is 5. The topological polar surface area (TPSA) is 12.4 Å². The van der Waals surface area contributed by atoms with E-state index in [0.29, 0.717) is 0 Å². The molecule has 0 N–H and O–H groups in total. The monoisotopic (exact) mass is 325 g/mol. The Morgan fingerprint density at radius 2 is 1.64 bits per heavy atom. The van der Waals surface area contributed by atoms with Gasteiger partial charge in [0.2, 0.25) is 0 Å². The molecule has 3 rings (SSSR count). The van der Waals surface area contributed by atoms with Crippen LogP contribution in [0.3, 0.4) is 0 Å². The standard InChI is InChI=1S/C24H23N/c1-5-18(4)24(25-17(2)3)21-15-13-20(14-16-21)23-12-8-10-19-9-6-7-11-22(19)23/h5-16,18H,1-2H2,3-4H3. The molecule has 0 bridgehead atoms. The van der Waals surface area contributed by atoms with Gasteiger partial charge < -0.3 is 0 Å². The number of hydrogen-bond acceptors (Lipinski definition) is 1. The fraction of sp³-hybridized carbons (Fsp3) is 0.125. The van der Waals surface area contributed by atoms with Gasteiger partial charge in [0.1, 0.15) is 0 Å². The van der Waals surface area contributed by atoms with Crippen LogP contribution < -0.4 is 0 Å². The van der Waals surface area contributed by atoms with E-state index < -0.39 is 0 Å². The van der Waals surface area contributed by atoms with Crippen LogP contribution in [0, 0.1) is 5.92 Å². The van der Waals surface area contributed by atoms with Crippen LogP contribution in [0.15, 0.2) is 96.7 Å². The quantitative estimate of drug-likeness (QED) is 0.368. The second-order valence-corrected chi connectivity index (χ2v) is 6.36. The molecule has 1 nitrogen and oxygen atoms in total. The van der Waals surface area contributed by atoms with Gasteiger partial charge >= 0.3 is 0 Å². The van der Waals surface area contributed by atoms with Crippen molar-refractivity contribution < 1.29 is 0 Å². The Bertz CT molecular complexity index is 940. The highest BCUT2D eigenvalue weighted by atomic mass is 14.7. The Kier molecular flexibility index (Phi) is 4.95. The first kappa shape index (κ1) is 16.9. The summed E-state index contributed by atoms with van der Waals surface area (Å²) < 4.78 is 0. The van der Waals surface area contributed by atoms with Crippen LogP contribution in [0.5, 0.6) is 0 Å². The molecular weight excluding hydrogens is 302 g/mol. The van der Waals surface area contributed by atoms with E-state index in [1.165, 1.54) is 21.9 Å². The maximum absolute atomic E-state index is 4.62. The van der Waals surface area contributed by atoms with Crippen molar-refractivity contribution in [2.75, 3.05) is 0 Å². The first-order valence-electron chi connectivity index (χ1n) is 8.55. The predicted octanol–water partition coefficient (Wildman–Crippen LogP) is 6.65. The summed E-state index contributed by atoms with van der Waals surface area (Å²) in [4.78, 5) is 4.62. The molecule has 3 aromatic rings. The third-order valence-corrected chi connectivity index (χ3v) is 4.38. The summed E-state index contributed by atoms with van der Waals surface area (Å²) in [5, 5.41) is 2.53. The maximum atomic E-state index is 4.62. The normalized spacial score (nSPS) is 12.8. The Labute approximate surface area is 150 Å². The van der Waals surface area contributed by atoms with Crippen LogP contribution in [-0.2, 0) is 0 Å². The number of aliphatic imine (C=N–C) groups is 1. The first-order chi connectivity index (χ1) is 12.1. The van der Waals surface area contributed by atoms with Crippen molar-refractivity contribution in [3.63, 3.8) is 0 Å². The van der Waals surface area contributed by atoms with Crippen molar-refractivity contribution in [1.29, 1.82) is 0 Å². The third kappa shape index (κ3) is 3.61. The highest BCUT2D eigenvalue weighted by molar-refractivity contribution is 6.04. The summed E-state index contributed by atoms with van der Waals surface area (Å²) in [6.45, 7) is 11.8. The van der Waals surface area contributed by atoms with Gasteiger partial charge in [-0.05, 0) is 34.4 Å². The number of fused-ring (bicyclic) bond motifs is 1. The lowest BCUT2D eigenvalue weighted by molar-refractivity contribution is 0.993. The van der Waals surface area contributed by atoms with E-state index in [-0.39, 0.29) is 5.92 Å². The number of benzene rings is 3. The Morgan fingerprint density at radius 3 is 2.32 bits per heavy atom. The van der Waals surface area contributed by atoms with Crippen LogP contribution >= 0.6 is 0 Å². The molecule has 0 aliphatic rings. The molecule has 0 aliphatic heterocycles. The van der Waals surface area contributed by atoms with E-state index in [1.807, 2.05) is 13.0 Å². The minimum atomic E-state index is 0.181. The first-order valence-corrected chi connectivity index (χ1v) is 8.55. The molecule has 1 heteroatoms. The van der Waals surface area contributed by atoms with Crippen LogP contribution in [0.4, 0.5) is 0 Å². The van der Waals surface area contributed by atoms with Gasteiger partial charge in [-0.2, -0.15) is 0 Å². The highest BCUT2D eigenvalue weighted by Crippen LogP contribution is 2.29. The van der Waals surface area contributed by atoms with E-state index in [2.05, 4.69) is 91.8 Å². The highest BCUT2D eigenvalue weighted by Gasteiger charge is 2.11. The molecule has 0 amide bonds. The molecule has 3 aromatic carbocycles. The molecule has 0 radical (unpaired) electrons. The number of hydrogen-bond donors (Lipinski definition) is 0. The second kappa shape index (κ2) is 7.31. The van der Waals surface area contributed by atoms with Gasteiger partial charge in [-0.1, -0.05) is 86.3 Å². The Morgan fingerprint density at radius 1 is 0.960 bits per heavy atom. The predicted molar refractivity (Wildman–Crippen MR) is 110 cm³/mol. The second-order valence-electron chi connectivity index (χ2n) is 6.36. The summed E-state index contributed by atoms with van der Waals surface area (Å²) in [7, 11) is 0. The Balaban J connectivity index is 2.04. The molecule has 0 saturated carbocycles. The lowest BCUT2D eigenvalue weighted by Gasteiger charge is -2.13. The van der Waals surface area contributed by atoms with E-state index in [4.69, 9.17) is 0 Å². The van der Waals surface area contributed by atoms with Crippen molar-refractivity contribution in [3.05, 3.63) is 97.2 Å². The average Bonchev–Trinajstić information content (AvgIpc) is 2.65. The van der Waals surface area contributed by atoms with Gasteiger partial charge in [0, 0.05) is 11.6 Å². The van der Waals surface area contributed by atoms with E-state index in [9.17, 15) is 0 Å². The zero-order valence-electron chi connectivity index (χ0n) is 14.9. The lowest BCUT2D eigenvalue weighted by atomic mass is 9.94. The molecule has 0 saturated heterocycles. The SMILES string of the molecule is C=CC(C)C(=NC(=C)C)c1ccc(-c2cccc3ccccc23)cc1. The fourth-order valence-corrected chi connectivity index (χ4v) is 3.04. The minimum Gasteiger partial charge on any atom is -0.258 e. The van der Waals surface area contributed by atoms with Crippen molar-refractivity contribution in [3.8, 4) is 11.1 Å². The molecular formula is C24H23N. The average molecular weight is 325 g/mol. The minimum absolute atomic E-state index is 0.181. The van der Waals surface area contributed by atoms with Crippen LogP contribution in [0.2, 0.25) is 0 Å². The van der Waals surface area contributed by atoms with Crippen molar-refractivity contribution >= 4 is 16.5 Å². The molecule has 124 valence electrons. The smallest absolute Gasteiger partial charge is 0.0544 e. The summed E-state index contributed by atoms with van der Waals surface area (Å²) >= 11 is 0. The number of nitrogens with zero attached hydrogens (tertiary/aromatic N) is 1. The zero-order valence-corrected chi connectivity index (χ0v) is 14.9. The summed E-state index contributed by atoms with van der Waals surface area (Å²) in [6.07, 6.45) is 1.92. The van der Waals surface area contributed by atoms with E-state index in [0.717, 1.165) is 17.0 Å². The molecule has 0 heterocycles. The van der Waals surface area contributed by atoms with Gasteiger partial charge in [0.05, 0.1) is 5.71 Å². The lowest BCUT2D eigenvalue weighted by Crippen LogP contribution is -2.10. The molecule has 0 fully saturated rings. The summed E-state index contributed by atoms with van der Waals surface area (Å²) in [5.41, 5.74) is 5.38. The molecule has 1 unspecified atom stereocenters. The Hall–Kier alpha value is -2.93. The van der Waals surface area contributed by atoms with Crippen LogP contribution in [-0.4, -0.2) is 5.71 Å². The van der Waals surface area contributed by atoms with Crippen molar-refractivity contribution in [2.24, 2.45) is 10.9 Å². The van der Waals surface area contributed by atoms with Gasteiger partial charge in [-0.25, -0.2) is 0 Å². The summed E-state index contributed by atoms with van der Waals surface area (Å²) in [5.74, 6) is 0.181. The van der Waals surface area contributed by atoms with Crippen molar-refractivity contribution in [2.45, 2.75) is 13.8 Å². The van der Waals surface area contributed by atoms with Gasteiger partial charge in [-0.3, -0.25) is 4.99 Å². The molecule has 25 heavy (non-hydrogen) atoms. The molecule has 0 spiro atoms. The number of allylic oxidation sites excluding steroid dienone is 2. The largest absolute Gasteiger partial charge is 0.258 e. The summed E-state index contributed by atoms with van der Waals surface area (Å²) in [6, 6.07) is 23.5. The van der Waals surface area contributed by atoms with E-state index in [1.54, 1.807) is 0 Å². The third-order valence-electron chi connectivity index (χ3n) is 4.38. The maximum Gasteiger partial charge on any atom is 0.0544 e. The van der Waals surface area contributed by atoms with Gasteiger partial charge in [-0.15, -0.1) is 6.58 Å². The fourth-order valence-electron chi connectivity index (χ4n) is 3.04. The zero-order chi connectivity index (χ0) is 17.8. The molecule has 1 atom stereocenters. The molecule has 0 aliphatic carbocycles. The molecule has 0 aromatic heterocycles. The van der Waals surface area contributed by atoms with Crippen LogP contribution in [0.1, 0.15) is 19.4 Å².